The molecule has 4 heteroatoms. The van der Waals surface area contributed by atoms with Crippen LogP contribution < -0.4 is 17.2 Å². The van der Waals surface area contributed by atoms with E-state index in [4.69, 9.17) is 17.2 Å². The summed E-state index contributed by atoms with van der Waals surface area (Å²) in [4.78, 5) is 0. The van der Waals surface area contributed by atoms with Crippen LogP contribution in [0.5, 0.6) is 0 Å². The van der Waals surface area contributed by atoms with E-state index < -0.39 is 0 Å². The van der Waals surface area contributed by atoms with Gasteiger partial charge in [-0.15, -0.1) is 0 Å². The first kappa shape index (κ1) is 20.1. The molecule has 0 radical (unpaired) electrons. The Hall–Kier alpha value is -0.160. The Morgan fingerprint density at radius 2 is 1.59 bits per heavy atom. The van der Waals surface area contributed by atoms with Gasteiger partial charge in [0.1, 0.15) is 0 Å². The van der Waals surface area contributed by atoms with E-state index in [-0.39, 0.29) is 27.4 Å². The minimum Gasteiger partial charge on any atom is -0.396 e. The fraction of sp³-hybridized carbons (Fsp3) is 1.00. The number of fused-ring (bicyclic) bond motifs is 5. The van der Waals surface area contributed by atoms with Crippen molar-refractivity contribution in [3.8, 4) is 0 Å². The third-order valence-corrected chi connectivity index (χ3v) is 10.9. The van der Waals surface area contributed by atoms with Crippen molar-refractivity contribution < 1.29 is 5.11 Å². The number of rotatable bonds is 3. The van der Waals surface area contributed by atoms with Crippen molar-refractivity contribution in [2.45, 2.75) is 108 Å². The van der Waals surface area contributed by atoms with Gasteiger partial charge in [0, 0.05) is 28.6 Å². The molecule has 4 nitrogen and oxygen atoms in total. The predicted octanol–water partition coefficient (Wildman–Crippen LogP) is 3.30. The van der Waals surface area contributed by atoms with Crippen molar-refractivity contribution in [1.29, 1.82) is 0 Å². The third kappa shape index (κ3) is 2.19. The standard InChI is InChI=1S/C23H43N3O/c1-4-16-15-22(25)18-8-7-17(9-14-27)19(18,2)12-13-23(22,26)20(3)10-5-6-11-21(16,20)24/h16-18,27H,4-15,24-26H2,1-3H3/t16-,17?,18?,19?,20?,21?,22?,23-/m0/s1. The van der Waals surface area contributed by atoms with Crippen molar-refractivity contribution in [2.75, 3.05) is 6.61 Å². The Morgan fingerprint density at radius 3 is 2.26 bits per heavy atom. The van der Waals surface area contributed by atoms with E-state index in [0.717, 1.165) is 44.9 Å². The summed E-state index contributed by atoms with van der Waals surface area (Å²) in [5, 5.41) is 9.62. The maximum atomic E-state index is 9.62. The SMILES string of the molecule is CC[C@H]1CC2(N)C3CCC(CCO)C3(C)CC[C@]2(N)C2(C)CCCCC12N. The average molecular weight is 378 g/mol. The van der Waals surface area contributed by atoms with Gasteiger partial charge in [-0.3, -0.25) is 0 Å². The Morgan fingerprint density at radius 1 is 0.889 bits per heavy atom. The van der Waals surface area contributed by atoms with E-state index in [2.05, 4.69) is 20.8 Å². The molecule has 4 saturated carbocycles. The van der Waals surface area contributed by atoms with Crippen LogP contribution in [-0.2, 0) is 0 Å². The first-order chi connectivity index (χ1) is 12.6. The maximum Gasteiger partial charge on any atom is 0.0433 e. The molecule has 0 bridgehead atoms. The van der Waals surface area contributed by atoms with Gasteiger partial charge < -0.3 is 22.3 Å². The second-order valence-electron chi connectivity index (χ2n) is 11.2. The van der Waals surface area contributed by atoms with Gasteiger partial charge in [-0.1, -0.05) is 40.0 Å². The van der Waals surface area contributed by atoms with Crippen LogP contribution in [0.25, 0.3) is 0 Å². The Labute approximate surface area is 166 Å². The molecule has 0 aromatic heterocycles. The molecule has 0 aliphatic heterocycles. The second-order valence-corrected chi connectivity index (χ2v) is 11.2. The van der Waals surface area contributed by atoms with Crippen LogP contribution >= 0.6 is 0 Å². The van der Waals surface area contributed by atoms with E-state index >= 15 is 0 Å². The molecule has 4 rings (SSSR count). The zero-order valence-corrected chi connectivity index (χ0v) is 17.9. The number of aliphatic hydroxyl groups excluding tert-OH is 1. The largest absolute Gasteiger partial charge is 0.396 e. The summed E-state index contributed by atoms with van der Waals surface area (Å²) in [6.07, 6.45) is 12.2. The zero-order chi connectivity index (χ0) is 19.7. The monoisotopic (exact) mass is 377 g/mol. The molecule has 27 heavy (non-hydrogen) atoms. The summed E-state index contributed by atoms with van der Waals surface area (Å²) in [5.74, 6) is 1.50. The lowest BCUT2D eigenvalue weighted by atomic mass is 9.35. The molecule has 0 amide bonds. The lowest BCUT2D eigenvalue weighted by Crippen LogP contribution is -2.88. The Bertz CT molecular complexity index is 598. The highest BCUT2D eigenvalue weighted by atomic mass is 16.3. The van der Waals surface area contributed by atoms with Crippen molar-refractivity contribution in [1.82, 2.24) is 0 Å². The van der Waals surface area contributed by atoms with Crippen LogP contribution in [0.2, 0.25) is 0 Å². The summed E-state index contributed by atoms with van der Waals surface area (Å²) < 4.78 is 0. The van der Waals surface area contributed by atoms with Crippen molar-refractivity contribution >= 4 is 0 Å². The Kier molecular flexibility index (Phi) is 4.60. The highest BCUT2D eigenvalue weighted by Gasteiger charge is 2.75. The van der Waals surface area contributed by atoms with Crippen molar-refractivity contribution in [2.24, 2.45) is 45.8 Å². The molecular formula is C23H43N3O. The summed E-state index contributed by atoms with van der Waals surface area (Å²) in [7, 11) is 0. The summed E-state index contributed by atoms with van der Waals surface area (Å²) in [5.41, 5.74) is 21.5. The molecule has 0 heterocycles. The molecule has 7 N–H and O–H groups in total. The van der Waals surface area contributed by atoms with Crippen molar-refractivity contribution in [3.05, 3.63) is 0 Å². The second kappa shape index (κ2) is 6.17. The van der Waals surface area contributed by atoms with Crippen LogP contribution in [0.1, 0.15) is 91.4 Å². The zero-order valence-electron chi connectivity index (χ0n) is 17.9. The minimum absolute atomic E-state index is 0.0810. The van der Waals surface area contributed by atoms with Crippen LogP contribution in [0.15, 0.2) is 0 Å². The molecule has 4 fully saturated rings. The van der Waals surface area contributed by atoms with Crippen LogP contribution in [0, 0.1) is 28.6 Å². The molecule has 6 unspecified atom stereocenters. The molecule has 4 aliphatic carbocycles. The fourth-order valence-electron chi connectivity index (χ4n) is 9.09. The molecular weight excluding hydrogens is 334 g/mol. The molecule has 8 atom stereocenters. The lowest BCUT2D eigenvalue weighted by molar-refractivity contribution is -0.176. The third-order valence-electron chi connectivity index (χ3n) is 10.9. The van der Waals surface area contributed by atoms with Gasteiger partial charge in [-0.2, -0.15) is 0 Å². The average Bonchev–Trinajstić information content (AvgIpc) is 2.97. The van der Waals surface area contributed by atoms with E-state index in [1.165, 1.54) is 25.7 Å². The number of nitrogens with two attached hydrogens (primary N) is 3. The van der Waals surface area contributed by atoms with Crippen LogP contribution in [-0.4, -0.2) is 28.3 Å². The summed E-state index contributed by atoms with van der Waals surface area (Å²) in [6.45, 7) is 7.44. The van der Waals surface area contributed by atoms with Gasteiger partial charge in [-0.05, 0) is 74.5 Å². The molecule has 4 aliphatic rings. The van der Waals surface area contributed by atoms with Gasteiger partial charge in [-0.25, -0.2) is 0 Å². The van der Waals surface area contributed by atoms with Gasteiger partial charge in [0.05, 0.1) is 0 Å². The van der Waals surface area contributed by atoms with E-state index in [9.17, 15) is 5.11 Å². The fourth-order valence-corrected chi connectivity index (χ4v) is 9.09. The molecule has 0 saturated heterocycles. The molecule has 0 spiro atoms. The summed E-state index contributed by atoms with van der Waals surface area (Å²) in [6, 6.07) is 0. The summed E-state index contributed by atoms with van der Waals surface area (Å²) >= 11 is 0. The molecule has 0 aromatic rings. The number of aliphatic hydroxyl groups is 1. The minimum atomic E-state index is -0.376. The van der Waals surface area contributed by atoms with Gasteiger partial charge in [0.15, 0.2) is 0 Å². The molecule has 0 aromatic carbocycles. The van der Waals surface area contributed by atoms with Gasteiger partial charge >= 0.3 is 0 Å². The number of hydrogen-bond donors (Lipinski definition) is 4. The Balaban J connectivity index is 1.81. The first-order valence-electron chi connectivity index (χ1n) is 11.6. The van der Waals surface area contributed by atoms with Gasteiger partial charge in [0.25, 0.3) is 0 Å². The van der Waals surface area contributed by atoms with E-state index in [1.54, 1.807) is 0 Å². The highest BCUT2D eigenvalue weighted by molar-refractivity contribution is 5.33. The van der Waals surface area contributed by atoms with E-state index in [1.807, 2.05) is 0 Å². The topological polar surface area (TPSA) is 98.3 Å². The first-order valence-corrected chi connectivity index (χ1v) is 11.6. The van der Waals surface area contributed by atoms with Crippen molar-refractivity contribution in [3.63, 3.8) is 0 Å². The quantitative estimate of drug-likeness (QED) is 0.606. The predicted molar refractivity (Wildman–Crippen MR) is 111 cm³/mol. The van der Waals surface area contributed by atoms with E-state index in [0.29, 0.717) is 24.4 Å². The molecule has 156 valence electrons. The number of hydrogen-bond acceptors (Lipinski definition) is 4. The van der Waals surface area contributed by atoms with Crippen LogP contribution in [0.3, 0.4) is 0 Å². The van der Waals surface area contributed by atoms with Crippen LogP contribution in [0.4, 0.5) is 0 Å². The lowest BCUT2D eigenvalue weighted by Gasteiger charge is -2.74. The highest BCUT2D eigenvalue weighted by Crippen LogP contribution is 2.70. The maximum absolute atomic E-state index is 9.62. The normalized spacial score (nSPS) is 57.7. The van der Waals surface area contributed by atoms with Gasteiger partial charge in [0.2, 0.25) is 0 Å². The smallest absolute Gasteiger partial charge is 0.0433 e.